The van der Waals surface area contributed by atoms with Crippen LogP contribution in [-0.4, -0.2) is 39.6 Å². The van der Waals surface area contributed by atoms with Crippen LogP contribution in [0.1, 0.15) is 41.5 Å². The average molecular weight is 474 g/mol. The molecule has 2 unspecified atom stereocenters. The van der Waals surface area contributed by atoms with Crippen LogP contribution in [0.4, 0.5) is 0 Å². The predicted molar refractivity (Wildman–Crippen MR) is 101 cm³/mol. The first kappa shape index (κ1) is 27.6. The van der Waals surface area contributed by atoms with Gasteiger partial charge in [0.05, 0.1) is 39.6 Å². The molecule has 0 rings (SSSR count). The van der Waals surface area contributed by atoms with E-state index in [-0.39, 0.29) is 39.6 Å². The highest BCUT2D eigenvalue weighted by atomic mass is 32.2. The fourth-order valence-electron chi connectivity index (χ4n) is 1.74. The molecule has 0 aliphatic rings. The molecule has 0 aromatic rings. The molecule has 0 spiro atoms. The summed E-state index contributed by atoms with van der Waals surface area (Å²) in [5.74, 6) is 0. The van der Waals surface area contributed by atoms with Crippen molar-refractivity contribution in [1.29, 1.82) is 0 Å². The summed E-state index contributed by atoms with van der Waals surface area (Å²) in [6.07, 6.45) is 0. The van der Waals surface area contributed by atoms with Crippen LogP contribution in [0.2, 0.25) is 0 Å². The van der Waals surface area contributed by atoms with Gasteiger partial charge in [-0.05, 0) is 41.5 Å². The first-order valence-electron chi connectivity index (χ1n) is 8.57. The average Bonchev–Trinajstić information content (AvgIpc) is 2.55. The second-order valence-electron chi connectivity index (χ2n) is 4.46. The molecule has 0 saturated heterocycles. The molecule has 0 amide bonds. The third-order valence-electron chi connectivity index (χ3n) is 2.56. The summed E-state index contributed by atoms with van der Waals surface area (Å²) in [5.41, 5.74) is 0. The standard InChI is InChI=1S/C12H30O11P4/c1-7-17-24(13,18-8-2)26(15,21-11-5)23-27(16,22-12-6)25(14,19-9-3)20-10-4/h7-12H2,1-6H3. The summed E-state index contributed by atoms with van der Waals surface area (Å²) in [4.78, 5) is 0. The molecular weight excluding hydrogens is 444 g/mol. The molecule has 0 aromatic heterocycles. The van der Waals surface area contributed by atoms with E-state index in [1.54, 1.807) is 0 Å². The van der Waals surface area contributed by atoms with Gasteiger partial charge in [-0.2, -0.15) is 0 Å². The quantitative estimate of drug-likeness (QED) is 0.250. The molecule has 0 heterocycles. The lowest BCUT2D eigenvalue weighted by Gasteiger charge is -2.30. The molecule has 15 heteroatoms. The summed E-state index contributed by atoms with van der Waals surface area (Å²) in [6, 6.07) is 0. The van der Waals surface area contributed by atoms with Crippen molar-refractivity contribution in [2.45, 2.75) is 41.5 Å². The van der Waals surface area contributed by atoms with Gasteiger partial charge in [-0.25, -0.2) is 22.6 Å². The summed E-state index contributed by atoms with van der Waals surface area (Å²) >= 11 is 0. The Labute approximate surface area is 160 Å². The highest BCUT2D eigenvalue weighted by Crippen LogP contribution is 2.95. The van der Waals surface area contributed by atoms with Gasteiger partial charge in [0.15, 0.2) is 0 Å². The zero-order chi connectivity index (χ0) is 21.2. The second-order valence-corrected chi connectivity index (χ2v) is 16.3. The van der Waals surface area contributed by atoms with Crippen LogP contribution in [0.15, 0.2) is 0 Å². The molecule has 0 fully saturated rings. The largest absolute Gasteiger partial charge is 0.448 e. The topological polar surface area (TPSA) is 133 Å². The minimum atomic E-state index is -4.88. The van der Waals surface area contributed by atoms with E-state index in [1.807, 2.05) is 0 Å². The number of rotatable bonds is 16. The molecule has 0 aliphatic heterocycles. The molecule has 0 N–H and O–H groups in total. The first-order valence-corrected chi connectivity index (χ1v) is 16.1. The first-order chi connectivity index (χ1) is 12.6. The molecule has 27 heavy (non-hydrogen) atoms. The zero-order valence-electron chi connectivity index (χ0n) is 16.5. The van der Waals surface area contributed by atoms with Crippen molar-refractivity contribution < 1.29 is 49.7 Å². The Balaban J connectivity index is 6.35. The summed E-state index contributed by atoms with van der Waals surface area (Å²) in [6.45, 7) is 7.66. The Morgan fingerprint density at radius 2 is 0.593 bits per heavy atom. The Morgan fingerprint density at radius 1 is 0.407 bits per heavy atom. The lowest BCUT2D eigenvalue weighted by atomic mass is 10.9. The van der Waals surface area contributed by atoms with E-state index < -0.39 is 29.1 Å². The lowest BCUT2D eigenvalue weighted by molar-refractivity contribution is 0.196. The van der Waals surface area contributed by atoms with E-state index in [9.17, 15) is 18.3 Å². The van der Waals surface area contributed by atoms with E-state index >= 15 is 0 Å². The fourth-order valence-corrected chi connectivity index (χ4v) is 15.3. The minimum absolute atomic E-state index is 0.161. The molecule has 164 valence electrons. The van der Waals surface area contributed by atoms with Gasteiger partial charge in [0.25, 0.3) is 0 Å². The molecule has 0 bridgehead atoms. The van der Waals surface area contributed by atoms with Crippen LogP contribution in [0.5, 0.6) is 0 Å². The normalized spacial score (nSPS) is 17.4. The van der Waals surface area contributed by atoms with E-state index in [1.165, 1.54) is 41.5 Å². The maximum absolute atomic E-state index is 13.3. The van der Waals surface area contributed by atoms with Gasteiger partial charge >= 0.3 is 29.1 Å². The van der Waals surface area contributed by atoms with E-state index in [0.29, 0.717) is 0 Å². The molecule has 11 nitrogen and oxygen atoms in total. The van der Waals surface area contributed by atoms with Crippen molar-refractivity contribution >= 4 is 29.1 Å². The van der Waals surface area contributed by atoms with Gasteiger partial charge < -0.3 is 27.1 Å². The van der Waals surface area contributed by atoms with Crippen LogP contribution < -0.4 is 0 Å². The smallest absolute Gasteiger partial charge is 0.300 e. The van der Waals surface area contributed by atoms with Crippen LogP contribution >= 0.6 is 29.1 Å². The minimum Gasteiger partial charge on any atom is -0.300 e. The van der Waals surface area contributed by atoms with Gasteiger partial charge in [0.2, 0.25) is 0 Å². The van der Waals surface area contributed by atoms with Gasteiger partial charge in [-0.15, -0.1) is 0 Å². The molecule has 0 aromatic carbocycles. The van der Waals surface area contributed by atoms with Gasteiger partial charge in [-0.3, -0.25) is 0 Å². The number of hydrogen-bond acceptors (Lipinski definition) is 11. The van der Waals surface area contributed by atoms with Crippen molar-refractivity contribution in [3.05, 3.63) is 0 Å². The van der Waals surface area contributed by atoms with Gasteiger partial charge in [0.1, 0.15) is 0 Å². The van der Waals surface area contributed by atoms with Crippen molar-refractivity contribution in [1.82, 2.24) is 0 Å². The number of hydrogen-bond donors (Lipinski definition) is 0. The zero-order valence-corrected chi connectivity index (χ0v) is 20.1. The van der Waals surface area contributed by atoms with Crippen molar-refractivity contribution in [3.63, 3.8) is 0 Å². The van der Waals surface area contributed by atoms with Gasteiger partial charge in [-0.1, -0.05) is 0 Å². The van der Waals surface area contributed by atoms with Crippen LogP contribution in [-0.2, 0) is 49.7 Å². The predicted octanol–water partition coefficient (Wildman–Crippen LogP) is 5.82. The molecule has 0 aliphatic carbocycles. The maximum Gasteiger partial charge on any atom is 0.448 e. The Kier molecular flexibility index (Phi) is 12.7. The fraction of sp³-hybridized carbons (Fsp3) is 1.00. The van der Waals surface area contributed by atoms with Crippen LogP contribution in [0.25, 0.3) is 0 Å². The summed E-state index contributed by atoms with van der Waals surface area (Å²) in [7, 11) is -18.9. The van der Waals surface area contributed by atoms with E-state index in [4.69, 9.17) is 31.5 Å². The summed E-state index contributed by atoms with van der Waals surface area (Å²) < 4.78 is 87.9. The third kappa shape index (κ3) is 6.84. The third-order valence-corrected chi connectivity index (χ3v) is 15.9. The van der Waals surface area contributed by atoms with Gasteiger partial charge in [0, 0.05) is 0 Å². The highest BCUT2D eigenvalue weighted by molar-refractivity contribution is 8.34. The lowest BCUT2D eigenvalue weighted by Crippen LogP contribution is -2.06. The van der Waals surface area contributed by atoms with Crippen molar-refractivity contribution in [3.8, 4) is 0 Å². The molecule has 2 atom stereocenters. The maximum atomic E-state index is 13.3. The Hall–Kier alpha value is 0.640. The Bertz CT molecular complexity index is 550. The monoisotopic (exact) mass is 474 g/mol. The SMILES string of the molecule is CCOP(=O)(OCC)P(=O)(OCC)OP(=O)(OCC)P(=O)(OCC)OCC. The van der Waals surface area contributed by atoms with Crippen molar-refractivity contribution in [2.24, 2.45) is 0 Å². The second kappa shape index (κ2) is 12.4. The van der Waals surface area contributed by atoms with Crippen LogP contribution in [0, 0.1) is 0 Å². The summed E-state index contributed by atoms with van der Waals surface area (Å²) in [5, 5.41) is 0. The molecule has 0 radical (unpaired) electrons. The van der Waals surface area contributed by atoms with E-state index in [2.05, 4.69) is 0 Å². The Morgan fingerprint density at radius 3 is 0.778 bits per heavy atom. The highest BCUT2D eigenvalue weighted by Gasteiger charge is 2.61. The van der Waals surface area contributed by atoms with Crippen molar-refractivity contribution in [2.75, 3.05) is 39.6 Å². The molecular formula is C12H30O11P4. The van der Waals surface area contributed by atoms with Crippen LogP contribution in [0.3, 0.4) is 0 Å². The molecule has 0 saturated carbocycles. The van der Waals surface area contributed by atoms with E-state index in [0.717, 1.165) is 0 Å².